The molecule has 1 N–H and O–H groups in total. The third-order valence-electron chi connectivity index (χ3n) is 3.74. The van der Waals surface area contributed by atoms with Crippen LogP contribution in [-0.2, 0) is 6.42 Å². The van der Waals surface area contributed by atoms with Gasteiger partial charge in [-0.05, 0) is 29.8 Å². The van der Waals surface area contributed by atoms with Crippen LogP contribution in [0.4, 0.5) is 0 Å². The van der Waals surface area contributed by atoms with Crippen molar-refractivity contribution in [2.24, 2.45) is 0 Å². The number of aromatic amines is 1. The van der Waals surface area contributed by atoms with Crippen molar-refractivity contribution in [2.45, 2.75) is 6.42 Å². The van der Waals surface area contributed by atoms with E-state index in [1.54, 1.807) is 38.5 Å². The van der Waals surface area contributed by atoms with E-state index in [2.05, 4.69) is 9.97 Å². The number of ether oxygens (including phenoxy) is 2. The summed E-state index contributed by atoms with van der Waals surface area (Å²) < 4.78 is 10.5. The topological polar surface area (TPSA) is 81.3 Å². The van der Waals surface area contributed by atoms with Crippen LogP contribution in [-0.4, -0.2) is 30.5 Å². The Morgan fingerprint density at radius 3 is 2.58 bits per heavy atom. The van der Waals surface area contributed by atoms with E-state index in [0.29, 0.717) is 40.2 Å². The summed E-state index contributed by atoms with van der Waals surface area (Å²) >= 11 is 0. The number of rotatable bonds is 5. The van der Waals surface area contributed by atoms with Crippen molar-refractivity contribution in [3.05, 3.63) is 63.7 Å². The Hall–Kier alpha value is -3.15. The zero-order chi connectivity index (χ0) is 17.1. The third-order valence-corrected chi connectivity index (χ3v) is 3.74. The Balaban J connectivity index is 2.01. The molecule has 0 aliphatic rings. The summed E-state index contributed by atoms with van der Waals surface area (Å²) in [5, 5.41) is 0.455. The molecule has 0 aliphatic heterocycles. The van der Waals surface area contributed by atoms with Gasteiger partial charge in [0.15, 0.2) is 11.5 Å². The maximum absolute atomic E-state index is 12.2. The van der Waals surface area contributed by atoms with Crippen LogP contribution in [0, 0.1) is 0 Å². The molecule has 6 heteroatoms. The molecule has 0 aliphatic carbocycles. The summed E-state index contributed by atoms with van der Waals surface area (Å²) in [4.78, 5) is 30.3. The van der Waals surface area contributed by atoms with Gasteiger partial charge in [-0.2, -0.15) is 0 Å². The fraction of sp³-hybridized carbons (Fsp3) is 0.167. The zero-order valence-electron chi connectivity index (χ0n) is 13.3. The average molecular weight is 324 g/mol. The van der Waals surface area contributed by atoms with Gasteiger partial charge in [0.2, 0.25) is 0 Å². The van der Waals surface area contributed by atoms with Crippen molar-refractivity contribution in [1.82, 2.24) is 9.97 Å². The third kappa shape index (κ3) is 2.99. The van der Waals surface area contributed by atoms with Gasteiger partial charge in [-0.1, -0.05) is 12.1 Å². The molecule has 0 bridgehead atoms. The van der Waals surface area contributed by atoms with Crippen molar-refractivity contribution in [1.29, 1.82) is 0 Å². The molecule has 0 unspecified atom stereocenters. The van der Waals surface area contributed by atoms with Crippen LogP contribution in [0.25, 0.3) is 10.9 Å². The lowest BCUT2D eigenvalue weighted by Gasteiger charge is -2.09. The lowest BCUT2D eigenvalue weighted by Crippen LogP contribution is -2.12. The van der Waals surface area contributed by atoms with E-state index in [0.717, 1.165) is 11.8 Å². The molecule has 122 valence electrons. The molecule has 6 nitrogen and oxygen atoms in total. The average Bonchev–Trinajstić information content (AvgIpc) is 2.61. The number of aromatic nitrogens is 2. The molecule has 1 heterocycles. The van der Waals surface area contributed by atoms with Gasteiger partial charge in [-0.3, -0.25) is 9.59 Å². The van der Waals surface area contributed by atoms with E-state index in [4.69, 9.17) is 9.47 Å². The fourth-order valence-electron chi connectivity index (χ4n) is 2.55. The second-order valence-corrected chi connectivity index (χ2v) is 5.27. The van der Waals surface area contributed by atoms with Crippen molar-refractivity contribution in [2.75, 3.05) is 14.2 Å². The Morgan fingerprint density at radius 1 is 1.08 bits per heavy atom. The second-order valence-electron chi connectivity index (χ2n) is 5.27. The first-order valence-corrected chi connectivity index (χ1v) is 7.33. The van der Waals surface area contributed by atoms with Crippen molar-refractivity contribution < 1.29 is 14.3 Å². The largest absolute Gasteiger partial charge is 0.493 e. The molecule has 0 spiro atoms. The number of carbonyl (C=O) groups is 1. The lowest BCUT2D eigenvalue weighted by molar-refractivity contribution is 0.112. The number of carbonyl (C=O) groups excluding carboxylic acids is 1. The van der Waals surface area contributed by atoms with Gasteiger partial charge >= 0.3 is 0 Å². The number of H-pyrrole nitrogens is 1. The second kappa shape index (κ2) is 6.54. The number of nitrogens with one attached hydrogen (secondary N) is 1. The molecule has 0 saturated carbocycles. The quantitative estimate of drug-likeness (QED) is 0.729. The minimum Gasteiger partial charge on any atom is -0.493 e. The molecule has 3 aromatic rings. The monoisotopic (exact) mass is 324 g/mol. The van der Waals surface area contributed by atoms with Gasteiger partial charge in [0.25, 0.3) is 5.56 Å². The molecule has 0 saturated heterocycles. The Labute approximate surface area is 138 Å². The normalized spacial score (nSPS) is 10.6. The molecule has 0 radical (unpaired) electrons. The van der Waals surface area contributed by atoms with Gasteiger partial charge < -0.3 is 14.5 Å². The molecule has 2 aromatic carbocycles. The first kappa shape index (κ1) is 15.7. The Kier molecular flexibility index (Phi) is 4.29. The van der Waals surface area contributed by atoms with Gasteiger partial charge in [-0.15, -0.1) is 0 Å². The van der Waals surface area contributed by atoms with Gasteiger partial charge in [-0.25, -0.2) is 4.98 Å². The summed E-state index contributed by atoms with van der Waals surface area (Å²) in [6.07, 6.45) is 1.16. The van der Waals surface area contributed by atoms with Crippen LogP contribution < -0.4 is 15.0 Å². The number of benzene rings is 2. The van der Waals surface area contributed by atoms with Crippen molar-refractivity contribution in [3.8, 4) is 11.5 Å². The summed E-state index contributed by atoms with van der Waals surface area (Å²) in [5.41, 5.74) is 1.67. The molecule has 0 amide bonds. The standard InChI is InChI=1S/C18H16N2O4/c1-23-15-6-4-11(8-16(15)24-2)9-17-19-14-7-12(10-21)3-5-13(14)18(22)20-17/h3-8,10H,9H2,1-2H3,(H,19,20,22). The highest BCUT2D eigenvalue weighted by molar-refractivity contribution is 5.85. The smallest absolute Gasteiger partial charge is 0.258 e. The maximum atomic E-state index is 12.2. The number of nitrogens with zero attached hydrogens (tertiary/aromatic N) is 1. The number of aldehydes is 1. The minimum atomic E-state index is -0.229. The molecule has 3 rings (SSSR count). The minimum absolute atomic E-state index is 0.229. The van der Waals surface area contributed by atoms with Crippen LogP contribution >= 0.6 is 0 Å². The summed E-state index contributed by atoms with van der Waals surface area (Å²) in [6, 6.07) is 10.3. The lowest BCUT2D eigenvalue weighted by atomic mass is 10.1. The predicted molar refractivity (Wildman–Crippen MR) is 90.1 cm³/mol. The number of fused-ring (bicyclic) bond motifs is 1. The Bertz CT molecular complexity index is 963. The fourth-order valence-corrected chi connectivity index (χ4v) is 2.55. The zero-order valence-corrected chi connectivity index (χ0v) is 13.3. The summed E-state index contributed by atoms with van der Waals surface area (Å²) in [7, 11) is 3.14. The highest BCUT2D eigenvalue weighted by atomic mass is 16.5. The van der Waals surface area contributed by atoms with Crippen LogP contribution in [0.15, 0.2) is 41.2 Å². The maximum Gasteiger partial charge on any atom is 0.258 e. The highest BCUT2D eigenvalue weighted by Crippen LogP contribution is 2.28. The van der Waals surface area contributed by atoms with Crippen LogP contribution in [0.1, 0.15) is 21.7 Å². The number of hydrogen-bond acceptors (Lipinski definition) is 5. The first-order chi connectivity index (χ1) is 11.6. The van der Waals surface area contributed by atoms with E-state index in [1.165, 1.54) is 0 Å². The molecular formula is C18H16N2O4. The van der Waals surface area contributed by atoms with E-state index < -0.39 is 0 Å². The molecule has 24 heavy (non-hydrogen) atoms. The highest BCUT2D eigenvalue weighted by Gasteiger charge is 2.09. The van der Waals surface area contributed by atoms with E-state index in [-0.39, 0.29) is 5.56 Å². The van der Waals surface area contributed by atoms with Gasteiger partial charge in [0, 0.05) is 12.0 Å². The first-order valence-electron chi connectivity index (χ1n) is 7.33. The van der Waals surface area contributed by atoms with Gasteiger partial charge in [0.1, 0.15) is 12.1 Å². The molecular weight excluding hydrogens is 308 g/mol. The SMILES string of the molecule is COc1ccc(Cc2nc3cc(C=O)ccc3c(=O)[nH]2)cc1OC. The predicted octanol–water partition coefficient (Wildman–Crippen LogP) is 2.34. The molecule has 1 aromatic heterocycles. The van der Waals surface area contributed by atoms with E-state index in [1.807, 2.05) is 12.1 Å². The van der Waals surface area contributed by atoms with Gasteiger partial charge in [0.05, 0.1) is 25.1 Å². The Morgan fingerprint density at radius 2 is 1.88 bits per heavy atom. The van der Waals surface area contributed by atoms with Crippen LogP contribution in [0.3, 0.4) is 0 Å². The summed E-state index contributed by atoms with van der Waals surface area (Å²) in [6.45, 7) is 0. The van der Waals surface area contributed by atoms with Crippen molar-refractivity contribution in [3.63, 3.8) is 0 Å². The van der Waals surface area contributed by atoms with Crippen LogP contribution in [0.5, 0.6) is 11.5 Å². The molecule has 0 atom stereocenters. The number of methoxy groups -OCH3 is 2. The number of hydrogen-bond donors (Lipinski definition) is 1. The van der Waals surface area contributed by atoms with Crippen molar-refractivity contribution >= 4 is 17.2 Å². The van der Waals surface area contributed by atoms with Crippen LogP contribution in [0.2, 0.25) is 0 Å². The van der Waals surface area contributed by atoms with E-state index in [9.17, 15) is 9.59 Å². The van der Waals surface area contributed by atoms with E-state index >= 15 is 0 Å². The molecule has 0 fully saturated rings. The summed E-state index contributed by atoms with van der Waals surface area (Å²) in [5.74, 6) is 1.76.